The van der Waals surface area contributed by atoms with Crippen molar-refractivity contribution in [3.05, 3.63) is 0 Å². The number of hydrogen-bond acceptors (Lipinski definition) is 3. The lowest BCUT2D eigenvalue weighted by atomic mass is 9.83. The molecule has 0 aromatic carbocycles. The van der Waals surface area contributed by atoms with Gasteiger partial charge in [-0.3, -0.25) is 4.90 Å². The van der Waals surface area contributed by atoms with Gasteiger partial charge in [0, 0.05) is 18.6 Å². The molecule has 17 heavy (non-hydrogen) atoms. The molecule has 1 saturated heterocycles. The van der Waals surface area contributed by atoms with Gasteiger partial charge in [-0.15, -0.1) is 0 Å². The summed E-state index contributed by atoms with van der Waals surface area (Å²) in [5, 5.41) is 0. The molecule has 0 radical (unpaired) electrons. The minimum Gasteiger partial charge on any atom is -0.330 e. The molecule has 3 unspecified atom stereocenters. The van der Waals surface area contributed by atoms with Crippen molar-refractivity contribution in [2.75, 3.05) is 33.2 Å². The summed E-state index contributed by atoms with van der Waals surface area (Å²) in [6, 6.07) is 1.45. The van der Waals surface area contributed by atoms with Crippen LogP contribution >= 0.6 is 0 Å². The Bertz CT molecular complexity index is 232. The molecule has 1 saturated carbocycles. The summed E-state index contributed by atoms with van der Waals surface area (Å²) in [4.78, 5) is 5.24. The monoisotopic (exact) mass is 239 g/mol. The highest BCUT2D eigenvalue weighted by atomic mass is 15.2. The van der Waals surface area contributed by atoms with Crippen LogP contribution in [0.1, 0.15) is 39.0 Å². The van der Waals surface area contributed by atoms with Crippen molar-refractivity contribution in [1.29, 1.82) is 0 Å². The number of nitrogens with two attached hydrogens (primary N) is 1. The smallest absolute Gasteiger partial charge is 0.0197 e. The fourth-order valence-electron chi connectivity index (χ4n) is 3.78. The second-order valence-corrected chi connectivity index (χ2v) is 6.05. The SMILES string of the molecule is CC1CN(C)CCCN1C1CCCCC1CN. The zero-order valence-electron chi connectivity index (χ0n) is 11.6. The predicted octanol–water partition coefficient (Wildman–Crippen LogP) is 1.53. The normalized spacial score (nSPS) is 37.9. The van der Waals surface area contributed by atoms with Crippen LogP contribution in [-0.4, -0.2) is 55.1 Å². The molecule has 0 amide bonds. The van der Waals surface area contributed by atoms with Gasteiger partial charge in [-0.2, -0.15) is 0 Å². The van der Waals surface area contributed by atoms with Gasteiger partial charge in [-0.1, -0.05) is 12.8 Å². The Morgan fingerprint density at radius 2 is 1.88 bits per heavy atom. The Morgan fingerprint density at radius 1 is 1.12 bits per heavy atom. The first-order chi connectivity index (χ1) is 8.22. The molecule has 2 rings (SSSR count). The van der Waals surface area contributed by atoms with Crippen LogP contribution < -0.4 is 5.73 Å². The van der Waals surface area contributed by atoms with E-state index in [2.05, 4.69) is 23.8 Å². The second kappa shape index (κ2) is 6.17. The predicted molar refractivity (Wildman–Crippen MR) is 73.1 cm³/mol. The maximum absolute atomic E-state index is 5.98. The maximum atomic E-state index is 5.98. The Morgan fingerprint density at radius 3 is 2.65 bits per heavy atom. The van der Waals surface area contributed by atoms with E-state index < -0.39 is 0 Å². The van der Waals surface area contributed by atoms with Crippen molar-refractivity contribution in [1.82, 2.24) is 9.80 Å². The molecule has 100 valence electrons. The number of rotatable bonds is 2. The average Bonchev–Trinajstić information content (AvgIpc) is 2.50. The Labute approximate surface area is 106 Å². The zero-order chi connectivity index (χ0) is 12.3. The molecule has 1 aliphatic heterocycles. The Hall–Kier alpha value is -0.120. The first-order valence-electron chi connectivity index (χ1n) is 7.36. The van der Waals surface area contributed by atoms with Gasteiger partial charge in [0.25, 0.3) is 0 Å². The Balaban J connectivity index is 2.02. The molecule has 2 aliphatic rings. The highest BCUT2D eigenvalue weighted by Crippen LogP contribution is 2.30. The molecule has 0 spiro atoms. The van der Waals surface area contributed by atoms with Crippen LogP contribution in [0.4, 0.5) is 0 Å². The van der Waals surface area contributed by atoms with Gasteiger partial charge in [0.15, 0.2) is 0 Å². The summed E-state index contributed by atoms with van der Waals surface area (Å²) in [5.74, 6) is 0.745. The van der Waals surface area contributed by atoms with Crippen LogP contribution in [-0.2, 0) is 0 Å². The summed E-state index contributed by atoms with van der Waals surface area (Å²) < 4.78 is 0. The van der Waals surface area contributed by atoms with Gasteiger partial charge in [0.2, 0.25) is 0 Å². The van der Waals surface area contributed by atoms with E-state index >= 15 is 0 Å². The fourth-order valence-corrected chi connectivity index (χ4v) is 3.78. The van der Waals surface area contributed by atoms with Gasteiger partial charge >= 0.3 is 0 Å². The highest BCUT2D eigenvalue weighted by molar-refractivity contribution is 4.88. The van der Waals surface area contributed by atoms with Crippen LogP contribution in [0.15, 0.2) is 0 Å². The third-order valence-corrected chi connectivity index (χ3v) is 4.70. The van der Waals surface area contributed by atoms with Crippen molar-refractivity contribution >= 4 is 0 Å². The largest absolute Gasteiger partial charge is 0.330 e. The quantitative estimate of drug-likeness (QED) is 0.793. The summed E-state index contributed by atoms with van der Waals surface area (Å²) in [6.07, 6.45) is 6.82. The molecule has 2 fully saturated rings. The van der Waals surface area contributed by atoms with Crippen molar-refractivity contribution in [3.63, 3.8) is 0 Å². The van der Waals surface area contributed by atoms with Crippen molar-refractivity contribution in [2.45, 2.75) is 51.1 Å². The van der Waals surface area contributed by atoms with E-state index in [1.807, 2.05) is 0 Å². The molecule has 3 nitrogen and oxygen atoms in total. The summed E-state index contributed by atoms with van der Waals surface area (Å²) >= 11 is 0. The molecule has 0 aromatic heterocycles. The van der Waals surface area contributed by atoms with E-state index in [1.54, 1.807) is 0 Å². The second-order valence-electron chi connectivity index (χ2n) is 6.05. The summed E-state index contributed by atoms with van der Waals surface area (Å²) in [5.41, 5.74) is 5.98. The molecule has 2 N–H and O–H groups in total. The van der Waals surface area contributed by atoms with Crippen LogP contribution in [0.5, 0.6) is 0 Å². The lowest BCUT2D eigenvalue weighted by Crippen LogP contribution is -2.50. The third-order valence-electron chi connectivity index (χ3n) is 4.70. The van der Waals surface area contributed by atoms with Crippen LogP contribution in [0.2, 0.25) is 0 Å². The van der Waals surface area contributed by atoms with Gasteiger partial charge in [0.05, 0.1) is 0 Å². The average molecular weight is 239 g/mol. The van der Waals surface area contributed by atoms with E-state index in [1.165, 1.54) is 51.7 Å². The molecule has 3 atom stereocenters. The van der Waals surface area contributed by atoms with E-state index in [9.17, 15) is 0 Å². The molecule has 1 aliphatic carbocycles. The lowest BCUT2D eigenvalue weighted by Gasteiger charge is -2.42. The first kappa shape index (κ1) is 13.3. The van der Waals surface area contributed by atoms with E-state index in [-0.39, 0.29) is 0 Å². The molecular formula is C14H29N3. The standard InChI is InChI=1S/C14H29N3/c1-12-11-16(2)8-5-9-17(12)14-7-4-3-6-13(14)10-15/h12-14H,3-11,15H2,1-2H3. The van der Waals surface area contributed by atoms with Crippen LogP contribution in [0, 0.1) is 5.92 Å². The highest BCUT2D eigenvalue weighted by Gasteiger charge is 2.32. The fraction of sp³-hybridized carbons (Fsp3) is 1.00. The van der Waals surface area contributed by atoms with Crippen molar-refractivity contribution in [3.8, 4) is 0 Å². The van der Waals surface area contributed by atoms with E-state index in [0.717, 1.165) is 18.5 Å². The number of nitrogens with zero attached hydrogens (tertiary/aromatic N) is 2. The summed E-state index contributed by atoms with van der Waals surface area (Å²) in [6.45, 7) is 7.01. The van der Waals surface area contributed by atoms with Crippen LogP contribution in [0.3, 0.4) is 0 Å². The van der Waals surface area contributed by atoms with Gasteiger partial charge < -0.3 is 10.6 Å². The first-order valence-corrected chi connectivity index (χ1v) is 7.36. The number of likely N-dealkylation sites (N-methyl/N-ethyl adjacent to an activating group) is 1. The van der Waals surface area contributed by atoms with Gasteiger partial charge in [-0.25, -0.2) is 0 Å². The topological polar surface area (TPSA) is 32.5 Å². The Kier molecular flexibility index (Phi) is 4.83. The molecule has 3 heteroatoms. The third kappa shape index (κ3) is 3.21. The van der Waals surface area contributed by atoms with Gasteiger partial charge in [-0.05, 0) is 58.8 Å². The zero-order valence-corrected chi connectivity index (χ0v) is 11.6. The van der Waals surface area contributed by atoms with E-state index in [0.29, 0.717) is 6.04 Å². The maximum Gasteiger partial charge on any atom is 0.0197 e. The van der Waals surface area contributed by atoms with Gasteiger partial charge in [0.1, 0.15) is 0 Å². The molecule has 0 aromatic rings. The molecule has 1 heterocycles. The molecule has 0 bridgehead atoms. The minimum absolute atomic E-state index is 0.694. The lowest BCUT2D eigenvalue weighted by molar-refractivity contribution is 0.0738. The van der Waals surface area contributed by atoms with Crippen molar-refractivity contribution < 1.29 is 0 Å². The van der Waals surface area contributed by atoms with Crippen molar-refractivity contribution in [2.24, 2.45) is 11.7 Å². The van der Waals surface area contributed by atoms with Crippen LogP contribution in [0.25, 0.3) is 0 Å². The number of hydrogen-bond donors (Lipinski definition) is 1. The molecular weight excluding hydrogens is 210 g/mol. The van der Waals surface area contributed by atoms with E-state index in [4.69, 9.17) is 5.73 Å². The minimum atomic E-state index is 0.694. The summed E-state index contributed by atoms with van der Waals surface area (Å²) in [7, 11) is 2.25.